The van der Waals surface area contributed by atoms with Crippen LogP contribution in [0, 0.1) is 13.8 Å². The van der Waals surface area contributed by atoms with Crippen molar-refractivity contribution in [2.24, 2.45) is 0 Å². The highest BCUT2D eigenvalue weighted by Crippen LogP contribution is 2.47. The maximum Gasteiger partial charge on any atom is 0.421 e. The first-order valence-electron chi connectivity index (χ1n) is 8.73. The van der Waals surface area contributed by atoms with Gasteiger partial charge in [-0.1, -0.05) is 12.1 Å². The van der Waals surface area contributed by atoms with Gasteiger partial charge in [-0.15, -0.1) is 0 Å². The molecule has 4 nitrogen and oxygen atoms in total. The van der Waals surface area contributed by atoms with Crippen LogP contribution in [0.1, 0.15) is 36.1 Å². The maximum absolute atomic E-state index is 13.4. The van der Waals surface area contributed by atoms with Gasteiger partial charge in [-0.2, -0.15) is 26.3 Å². The molecule has 0 saturated carbocycles. The number of halogens is 6. The van der Waals surface area contributed by atoms with Crippen molar-refractivity contribution in [2.45, 2.75) is 51.2 Å². The van der Waals surface area contributed by atoms with Crippen molar-refractivity contribution in [3.05, 3.63) is 46.5 Å². The van der Waals surface area contributed by atoms with Crippen LogP contribution < -0.4 is 11.5 Å². The van der Waals surface area contributed by atoms with Gasteiger partial charge in [0.05, 0.1) is 0 Å². The molecule has 0 radical (unpaired) electrons. The summed E-state index contributed by atoms with van der Waals surface area (Å²) < 4.78 is 80.5. The van der Waals surface area contributed by atoms with Crippen LogP contribution in [0.4, 0.5) is 37.7 Å². The Labute approximate surface area is 169 Å². The predicted molar refractivity (Wildman–Crippen MR) is 101 cm³/mol. The molecular weight excluding hydrogens is 414 g/mol. The normalized spacial score (nSPS) is 16.8. The fourth-order valence-corrected chi connectivity index (χ4v) is 3.62. The molecule has 2 aromatic carbocycles. The Bertz CT molecular complexity index is 899. The third kappa shape index (κ3) is 3.58. The lowest BCUT2D eigenvalue weighted by atomic mass is 9.81. The van der Waals surface area contributed by atoms with Gasteiger partial charge in [0.25, 0.3) is 0 Å². The van der Waals surface area contributed by atoms with Crippen molar-refractivity contribution in [1.29, 1.82) is 0 Å². The second-order valence-electron chi connectivity index (χ2n) is 7.54. The monoisotopic (exact) mass is 436 g/mol. The Kier molecular flexibility index (Phi) is 5.60. The number of alkyl halides is 6. The van der Waals surface area contributed by atoms with Gasteiger partial charge in [0, 0.05) is 22.5 Å². The van der Waals surface area contributed by atoms with E-state index < -0.39 is 34.7 Å². The van der Waals surface area contributed by atoms with Crippen LogP contribution >= 0.6 is 0 Å². The van der Waals surface area contributed by atoms with Gasteiger partial charge < -0.3 is 21.7 Å². The minimum absolute atomic E-state index is 0.0669. The quantitative estimate of drug-likeness (QED) is 0.416. The minimum atomic E-state index is -5.05. The molecule has 10 heteroatoms. The topological polar surface area (TPSA) is 92.5 Å². The summed E-state index contributed by atoms with van der Waals surface area (Å²) in [6.45, 7) is 3.65. The lowest BCUT2D eigenvalue weighted by Gasteiger charge is -2.32. The molecule has 0 aliphatic carbocycles. The number of aliphatic hydroxyl groups is 2. The SMILES string of the molecule is Cc1c(-c2ccc(N)c(C(C)(O)C(F)(F)F)c2C)ccc(N)c1C(C)(O)C(F)(F)F. The molecular formula is C20H22F6N2O2. The maximum atomic E-state index is 13.4. The average Bonchev–Trinajstić information content (AvgIpc) is 2.53. The van der Waals surface area contributed by atoms with Crippen LogP contribution in [-0.2, 0) is 11.2 Å². The summed E-state index contributed by atoms with van der Waals surface area (Å²) in [5.41, 5.74) is 3.05. The van der Waals surface area contributed by atoms with E-state index in [0.717, 1.165) is 12.1 Å². The Hall–Kier alpha value is -2.46. The molecule has 0 aromatic heterocycles. The highest BCUT2D eigenvalue weighted by atomic mass is 19.4. The van der Waals surface area contributed by atoms with E-state index >= 15 is 0 Å². The standard InChI is InChI=1S/C20H22F6N2O2/c1-9-11(5-7-13(27)15(9)17(3,29)19(21,22)23)12-6-8-14(28)16(10(12)2)18(4,30)20(24,25)26/h5-8,29-30H,27-28H2,1-4H3. The van der Waals surface area contributed by atoms with E-state index in [2.05, 4.69) is 0 Å². The van der Waals surface area contributed by atoms with Crippen molar-refractivity contribution >= 4 is 11.4 Å². The number of anilines is 2. The van der Waals surface area contributed by atoms with Crippen LogP contribution in [-0.4, -0.2) is 22.6 Å². The van der Waals surface area contributed by atoms with Crippen molar-refractivity contribution in [3.63, 3.8) is 0 Å². The molecule has 0 aliphatic rings. The molecule has 2 unspecified atom stereocenters. The second kappa shape index (κ2) is 7.05. The van der Waals surface area contributed by atoms with Crippen LogP contribution in [0.25, 0.3) is 11.1 Å². The highest BCUT2D eigenvalue weighted by Gasteiger charge is 2.54. The summed E-state index contributed by atoms with van der Waals surface area (Å²) in [7, 11) is 0. The molecule has 2 atom stereocenters. The average molecular weight is 436 g/mol. The fourth-order valence-electron chi connectivity index (χ4n) is 3.62. The molecule has 0 amide bonds. The highest BCUT2D eigenvalue weighted by molar-refractivity contribution is 5.78. The van der Waals surface area contributed by atoms with Gasteiger partial charge >= 0.3 is 12.4 Å². The first-order chi connectivity index (χ1) is 13.4. The van der Waals surface area contributed by atoms with E-state index in [4.69, 9.17) is 11.5 Å². The number of rotatable bonds is 3. The third-order valence-corrected chi connectivity index (χ3v) is 5.36. The minimum Gasteiger partial charge on any atom is -0.398 e. The first kappa shape index (κ1) is 23.8. The largest absolute Gasteiger partial charge is 0.421 e. The van der Waals surface area contributed by atoms with E-state index in [1.54, 1.807) is 0 Å². The molecule has 0 spiro atoms. The first-order valence-corrected chi connectivity index (χ1v) is 8.73. The third-order valence-electron chi connectivity index (χ3n) is 5.36. The fraction of sp³-hybridized carbons (Fsp3) is 0.400. The van der Waals surface area contributed by atoms with Crippen molar-refractivity contribution in [1.82, 2.24) is 0 Å². The van der Waals surface area contributed by atoms with Crippen LogP contribution in [0.3, 0.4) is 0 Å². The van der Waals surface area contributed by atoms with Gasteiger partial charge in [-0.3, -0.25) is 0 Å². The van der Waals surface area contributed by atoms with E-state index in [9.17, 15) is 36.6 Å². The van der Waals surface area contributed by atoms with E-state index in [-0.39, 0.29) is 33.6 Å². The van der Waals surface area contributed by atoms with Crippen molar-refractivity contribution in [2.75, 3.05) is 11.5 Å². The summed E-state index contributed by atoms with van der Waals surface area (Å²) >= 11 is 0. The van der Waals surface area contributed by atoms with Gasteiger partial charge in [-0.25, -0.2) is 0 Å². The Morgan fingerprint density at radius 1 is 0.633 bits per heavy atom. The number of nitrogen functional groups attached to an aromatic ring is 2. The smallest absolute Gasteiger partial charge is 0.398 e. The molecule has 0 bridgehead atoms. The van der Waals surface area contributed by atoms with Crippen LogP contribution in [0.2, 0.25) is 0 Å². The molecule has 0 aliphatic heterocycles. The van der Waals surface area contributed by atoms with Gasteiger partial charge in [0.15, 0.2) is 11.2 Å². The number of hydrogen-bond acceptors (Lipinski definition) is 4. The molecule has 30 heavy (non-hydrogen) atoms. The molecule has 166 valence electrons. The molecule has 2 aromatic rings. The molecule has 0 fully saturated rings. The van der Waals surface area contributed by atoms with E-state index in [1.165, 1.54) is 26.0 Å². The summed E-state index contributed by atoms with van der Waals surface area (Å²) in [5, 5.41) is 20.3. The molecule has 2 rings (SSSR count). The molecule has 0 saturated heterocycles. The predicted octanol–water partition coefficient (Wildman–Crippen LogP) is 4.67. The van der Waals surface area contributed by atoms with Crippen LogP contribution in [0.5, 0.6) is 0 Å². The molecule has 0 heterocycles. The van der Waals surface area contributed by atoms with Crippen molar-refractivity contribution in [3.8, 4) is 11.1 Å². The Morgan fingerprint density at radius 3 is 1.13 bits per heavy atom. The van der Waals surface area contributed by atoms with Gasteiger partial charge in [0.2, 0.25) is 0 Å². The number of hydrogen-bond donors (Lipinski definition) is 4. The number of nitrogens with two attached hydrogens (primary N) is 2. The summed E-state index contributed by atoms with van der Waals surface area (Å²) in [6.07, 6.45) is -10.1. The summed E-state index contributed by atoms with van der Waals surface area (Å²) in [4.78, 5) is 0. The second-order valence-corrected chi connectivity index (χ2v) is 7.54. The molecule has 6 N–H and O–H groups in total. The Morgan fingerprint density at radius 2 is 0.900 bits per heavy atom. The van der Waals surface area contributed by atoms with E-state index in [1.807, 2.05) is 0 Å². The summed E-state index contributed by atoms with van der Waals surface area (Å²) in [5.74, 6) is 0. The lowest BCUT2D eigenvalue weighted by molar-refractivity contribution is -0.259. The van der Waals surface area contributed by atoms with Crippen LogP contribution in [0.15, 0.2) is 24.3 Å². The van der Waals surface area contributed by atoms with Gasteiger partial charge in [0.1, 0.15) is 0 Å². The zero-order valence-electron chi connectivity index (χ0n) is 16.6. The number of benzene rings is 2. The van der Waals surface area contributed by atoms with E-state index in [0.29, 0.717) is 13.8 Å². The van der Waals surface area contributed by atoms with Crippen molar-refractivity contribution < 1.29 is 36.6 Å². The zero-order valence-corrected chi connectivity index (χ0v) is 16.6. The zero-order chi connectivity index (χ0) is 23.4. The summed E-state index contributed by atoms with van der Waals surface area (Å²) in [6, 6.07) is 4.95. The Balaban J connectivity index is 2.86. The van der Waals surface area contributed by atoms with Gasteiger partial charge in [-0.05, 0) is 62.1 Å². The lowest BCUT2D eigenvalue weighted by Crippen LogP contribution is -2.41.